The average Bonchev–Trinajstić information content (AvgIpc) is 3.06. The number of nitrogens with zero attached hydrogens (tertiary/aromatic N) is 2. The molecule has 0 aliphatic carbocycles. The van der Waals surface area contributed by atoms with Crippen molar-refractivity contribution in [3.05, 3.63) is 116 Å². The molecule has 1 amide bonds. The number of carbonyl (C=O) groups is 2. The van der Waals surface area contributed by atoms with Crippen molar-refractivity contribution in [2.45, 2.75) is 65.0 Å². The van der Waals surface area contributed by atoms with E-state index in [4.69, 9.17) is 9.47 Å². The average molecular weight is 724 g/mol. The number of likely N-dealkylation sites (tertiary alicyclic amines) is 1. The summed E-state index contributed by atoms with van der Waals surface area (Å²) < 4.78 is 85.0. The van der Waals surface area contributed by atoms with Crippen LogP contribution in [0.4, 0.5) is 22.0 Å². The number of alkyl halides is 4. The number of benzene rings is 3. The van der Waals surface area contributed by atoms with Crippen LogP contribution >= 0.6 is 0 Å². The van der Waals surface area contributed by atoms with Gasteiger partial charge < -0.3 is 14.8 Å². The Kier molecular flexibility index (Phi) is 10.3. The molecule has 2 aliphatic heterocycles. The summed E-state index contributed by atoms with van der Waals surface area (Å²) in [6, 6.07) is 10.9. The van der Waals surface area contributed by atoms with Crippen LogP contribution in [-0.2, 0) is 26.9 Å². The molecule has 8 nitrogen and oxygen atoms in total. The zero-order chi connectivity index (χ0) is 37.5. The predicted molar refractivity (Wildman–Crippen MR) is 184 cm³/mol. The van der Waals surface area contributed by atoms with Gasteiger partial charge in [0.2, 0.25) is 5.91 Å². The van der Waals surface area contributed by atoms with E-state index in [2.05, 4.69) is 5.32 Å². The maximum Gasteiger partial charge on any atom is 0.416 e. The third-order valence-electron chi connectivity index (χ3n) is 9.55. The highest BCUT2D eigenvalue weighted by Gasteiger charge is 2.37. The number of ether oxygens (including phenoxy) is 2. The van der Waals surface area contributed by atoms with Gasteiger partial charge in [0, 0.05) is 43.0 Å². The number of carbonyl (C=O) groups excluding carboxylic acids is 2. The van der Waals surface area contributed by atoms with Gasteiger partial charge in [-0.05, 0) is 97.8 Å². The maximum absolute atomic E-state index is 16.1. The molecule has 1 fully saturated rings. The van der Waals surface area contributed by atoms with E-state index in [9.17, 15) is 31.9 Å². The molecule has 0 spiro atoms. The van der Waals surface area contributed by atoms with Gasteiger partial charge in [-0.2, -0.15) is 13.2 Å². The highest BCUT2D eigenvalue weighted by molar-refractivity contribution is 5.86. The van der Waals surface area contributed by atoms with Gasteiger partial charge >= 0.3 is 12.1 Å². The standard InChI is InChI=1S/C39H38F5N3O5/c1-5-51-34(49)17-31-29-14-25(13-23(4)36(29)41)35-22(3)7-6-8-32(35)52-27-10-9-21(2)28(15-27)37(38(50)45-31)47-18-24(11-12-46-19-26(40)20-46)30(16-33(47)48)39(42,43)44/h6-10,13-16,18,26,31,37H,5,11-12,17,19-20H2,1-4H3,(H,45,50)/t31-,37-/m0/s1. The fraction of sp³-hybridized carbons (Fsp3) is 0.359. The minimum atomic E-state index is -4.89. The summed E-state index contributed by atoms with van der Waals surface area (Å²) in [4.78, 5) is 42.9. The van der Waals surface area contributed by atoms with Gasteiger partial charge in [0.15, 0.2) is 0 Å². The van der Waals surface area contributed by atoms with Crippen LogP contribution in [-0.4, -0.2) is 53.8 Å². The lowest BCUT2D eigenvalue weighted by atomic mass is 9.92. The second-order valence-corrected chi connectivity index (χ2v) is 13.3. The van der Waals surface area contributed by atoms with Crippen molar-refractivity contribution in [3.63, 3.8) is 0 Å². The molecular formula is C39H38F5N3O5. The van der Waals surface area contributed by atoms with E-state index in [1.54, 1.807) is 56.0 Å². The fourth-order valence-corrected chi connectivity index (χ4v) is 6.91. The van der Waals surface area contributed by atoms with Crippen LogP contribution in [0.1, 0.15) is 64.4 Å². The van der Waals surface area contributed by atoms with E-state index in [1.807, 2.05) is 13.0 Å². The minimum Gasteiger partial charge on any atom is -0.466 e. The number of hydrogen-bond donors (Lipinski definition) is 1. The van der Waals surface area contributed by atoms with Crippen molar-refractivity contribution in [2.24, 2.45) is 0 Å². The zero-order valence-electron chi connectivity index (χ0n) is 29.1. The SMILES string of the molecule is CCOC(=O)C[C@@H]1NC(=O)[C@@H](n2cc(CCN3CC(F)C3)c(C(F)(F)F)cc2=O)c2cc(ccc2C)Oc2cccc(C)c2-c2cc(C)c(F)c1c2. The molecule has 2 atom stereocenters. The van der Waals surface area contributed by atoms with Crippen LogP contribution < -0.4 is 15.6 Å². The summed E-state index contributed by atoms with van der Waals surface area (Å²) in [6.45, 7) is 6.96. The smallest absolute Gasteiger partial charge is 0.416 e. The number of pyridine rings is 1. The molecule has 6 rings (SSSR count). The zero-order valence-corrected chi connectivity index (χ0v) is 29.1. The molecule has 0 radical (unpaired) electrons. The molecule has 274 valence electrons. The Morgan fingerprint density at radius 3 is 2.42 bits per heavy atom. The Bertz CT molecular complexity index is 2090. The second kappa shape index (κ2) is 14.5. The maximum atomic E-state index is 16.1. The first-order valence-corrected chi connectivity index (χ1v) is 17.0. The molecule has 52 heavy (non-hydrogen) atoms. The van der Waals surface area contributed by atoms with Crippen LogP contribution in [0.15, 0.2) is 65.6 Å². The third kappa shape index (κ3) is 7.45. The molecule has 1 aromatic heterocycles. The molecule has 0 saturated carbocycles. The Morgan fingerprint density at radius 2 is 1.73 bits per heavy atom. The van der Waals surface area contributed by atoms with Crippen LogP contribution in [0.25, 0.3) is 11.1 Å². The quantitative estimate of drug-likeness (QED) is 0.159. The third-order valence-corrected chi connectivity index (χ3v) is 9.55. The molecule has 3 heterocycles. The first-order valence-electron chi connectivity index (χ1n) is 17.0. The number of esters is 1. The minimum absolute atomic E-state index is 0.0205. The van der Waals surface area contributed by atoms with E-state index < -0.39 is 59.7 Å². The van der Waals surface area contributed by atoms with Crippen LogP contribution in [0.5, 0.6) is 11.5 Å². The van der Waals surface area contributed by atoms with Gasteiger partial charge in [0.05, 0.1) is 24.6 Å². The molecule has 3 aromatic carbocycles. The van der Waals surface area contributed by atoms with E-state index in [0.29, 0.717) is 28.5 Å². The van der Waals surface area contributed by atoms with Gasteiger partial charge in [-0.3, -0.25) is 23.9 Å². The summed E-state index contributed by atoms with van der Waals surface area (Å²) in [7, 11) is 0. The van der Waals surface area contributed by atoms with Crippen LogP contribution in [0.3, 0.4) is 0 Å². The van der Waals surface area contributed by atoms with E-state index in [0.717, 1.165) is 16.3 Å². The van der Waals surface area contributed by atoms with Gasteiger partial charge in [-0.15, -0.1) is 0 Å². The number of aromatic nitrogens is 1. The molecule has 0 unspecified atom stereocenters. The Morgan fingerprint density at radius 1 is 0.981 bits per heavy atom. The van der Waals surface area contributed by atoms with Crippen molar-refractivity contribution in [3.8, 4) is 22.6 Å². The lowest BCUT2D eigenvalue weighted by molar-refractivity contribution is -0.144. The van der Waals surface area contributed by atoms with Gasteiger partial charge in [-0.25, -0.2) is 8.78 Å². The molecule has 13 heteroatoms. The highest BCUT2D eigenvalue weighted by Crippen LogP contribution is 2.41. The summed E-state index contributed by atoms with van der Waals surface area (Å²) in [5.74, 6) is -1.64. The normalized spacial score (nSPS) is 17.8. The van der Waals surface area contributed by atoms with E-state index >= 15 is 4.39 Å². The molecule has 4 aromatic rings. The van der Waals surface area contributed by atoms with Crippen molar-refractivity contribution in [1.29, 1.82) is 0 Å². The Balaban J connectivity index is 1.58. The highest BCUT2D eigenvalue weighted by atomic mass is 19.4. The lowest BCUT2D eigenvalue weighted by Gasteiger charge is -2.34. The van der Waals surface area contributed by atoms with E-state index in [-0.39, 0.29) is 60.7 Å². The fourth-order valence-electron chi connectivity index (χ4n) is 6.91. The summed E-state index contributed by atoms with van der Waals surface area (Å²) in [5.41, 5.74) is 0.343. The topological polar surface area (TPSA) is 89.9 Å². The number of fused-ring (bicyclic) bond motifs is 6. The molecule has 1 saturated heterocycles. The van der Waals surface area contributed by atoms with Crippen LogP contribution in [0.2, 0.25) is 0 Å². The van der Waals surface area contributed by atoms with Gasteiger partial charge in [-0.1, -0.05) is 18.2 Å². The molecular weight excluding hydrogens is 685 g/mol. The first-order chi connectivity index (χ1) is 24.6. The molecule has 1 N–H and O–H groups in total. The number of rotatable bonds is 7. The second-order valence-electron chi connectivity index (χ2n) is 13.3. The lowest BCUT2D eigenvalue weighted by Crippen LogP contribution is -2.49. The first kappa shape index (κ1) is 36.7. The monoisotopic (exact) mass is 723 g/mol. The van der Waals surface area contributed by atoms with Crippen molar-refractivity contribution in [1.82, 2.24) is 14.8 Å². The van der Waals surface area contributed by atoms with Gasteiger partial charge in [0.1, 0.15) is 29.5 Å². The summed E-state index contributed by atoms with van der Waals surface area (Å²) >= 11 is 0. The number of nitrogens with one attached hydrogen (secondary N) is 1. The largest absolute Gasteiger partial charge is 0.466 e. The van der Waals surface area contributed by atoms with Crippen molar-refractivity contribution >= 4 is 11.9 Å². The molecule has 2 aliphatic rings. The number of hydrogen-bond acceptors (Lipinski definition) is 6. The number of halogens is 5. The number of aryl methyl sites for hydroxylation is 3. The van der Waals surface area contributed by atoms with Crippen molar-refractivity contribution < 1.29 is 41.0 Å². The molecule has 4 bridgehead atoms. The summed E-state index contributed by atoms with van der Waals surface area (Å²) in [6.07, 6.45) is -5.61. The van der Waals surface area contributed by atoms with Gasteiger partial charge in [0.25, 0.3) is 5.56 Å². The predicted octanol–water partition coefficient (Wildman–Crippen LogP) is 7.30. The Labute approximate surface area is 297 Å². The van der Waals surface area contributed by atoms with Crippen molar-refractivity contribution in [2.75, 3.05) is 26.2 Å². The number of amides is 1. The van der Waals surface area contributed by atoms with Crippen LogP contribution in [0, 0.1) is 26.6 Å². The van der Waals surface area contributed by atoms with E-state index in [1.165, 1.54) is 12.1 Å². The Hall–Kier alpha value is -5.04. The summed E-state index contributed by atoms with van der Waals surface area (Å²) in [5, 5.41) is 2.76.